The first-order valence-corrected chi connectivity index (χ1v) is 6.37. The van der Waals surface area contributed by atoms with Crippen molar-refractivity contribution in [2.75, 3.05) is 7.05 Å². The minimum absolute atomic E-state index is 0.116. The Morgan fingerprint density at radius 3 is 2.22 bits per heavy atom. The van der Waals surface area contributed by atoms with Crippen molar-refractivity contribution in [1.29, 1.82) is 0 Å². The molecule has 0 saturated carbocycles. The second kappa shape index (κ2) is 4.02. The van der Waals surface area contributed by atoms with Gasteiger partial charge in [-0.05, 0) is 40.8 Å². The van der Waals surface area contributed by atoms with Crippen LogP contribution in [-0.4, -0.2) is 33.3 Å². The van der Waals surface area contributed by atoms with Crippen molar-refractivity contribution in [3.63, 3.8) is 0 Å². The van der Waals surface area contributed by atoms with Crippen molar-refractivity contribution in [2.24, 2.45) is 7.05 Å². The zero-order chi connectivity index (χ0) is 13.7. The van der Waals surface area contributed by atoms with Gasteiger partial charge in [0.1, 0.15) is 7.05 Å². The van der Waals surface area contributed by atoms with E-state index in [0.29, 0.717) is 0 Å². The van der Waals surface area contributed by atoms with E-state index in [1.54, 1.807) is 0 Å². The minimum atomic E-state index is -0.310. The highest BCUT2D eigenvalue weighted by Gasteiger charge is 2.58. The first-order valence-electron chi connectivity index (χ1n) is 6.37. The van der Waals surface area contributed by atoms with Crippen LogP contribution in [0.4, 0.5) is 0 Å². The Bertz CT molecular complexity index is 436. The summed E-state index contributed by atoms with van der Waals surface area (Å²) >= 11 is 0. The normalized spacial score (nSPS) is 27.6. The molecule has 0 amide bonds. The van der Waals surface area contributed by atoms with E-state index in [0.717, 1.165) is 5.69 Å². The second-order valence-corrected chi connectivity index (χ2v) is 6.18. The number of pyridine rings is 1. The average molecular weight is 250 g/mol. The summed E-state index contributed by atoms with van der Waals surface area (Å²) in [5.41, 5.74) is 0.658. The van der Waals surface area contributed by atoms with Gasteiger partial charge in [-0.2, -0.15) is 5.06 Å². The highest BCUT2D eigenvalue weighted by molar-refractivity contribution is 5.14. The van der Waals surface area contributed by atoms with E-state index >= 15 is 0 Å². The van der Waals surface area contributed by atoms with Crippen molar-refractivity contribution in [3.05, 3.63) is 30.1 Å². The standard InChI is InChI=1S/C14H24N3O/c1-13(2)14(3,4)17(18)12(16(13)6)11-9-7-8-10-15(11)5/h7-10,12,18H,1-6H3/q+1. The van der Waals surface area contributed by atoms with E-state index in [2.05, 4.69) is 50.3 Å². The van der Waals surface area contributed by atoms with Gasteiger partial charge < -0.3 is 5.21 Å². The highest BCUT2D eigenvalue weighted by atomic mass is 16.5. The van der Waals surface area contributed by atoms with Gasteiger partial charge >= 0.3 is 0 Å². The van der Waals surface area contributed by atoms with Crippen LogP contribution in [0.2, 0.25) is 0 Å². The number of hydrogen-bond acceptors (Lipinski definition) is 3. The summed E-state index contributed by atoms with van der Waals surface area (Å²) < 4.78 is 2.06. The van der Waals surface area contributed by atoms with Gasteiger partial charge in [-0.15, -0.1) is 0 Å². The summed E-state index contributed by atoms with van der Waals surface area (Å²) in [5.74, 6) is 0. The third-order valence-electron chi connectivity index (χ3n) is 4.91. The Morgan fingerprint density at radius 1 is 1.17 bits per heavy atom. The van der Waals surface area contributed by atoms with Crippen LogP contribution in [0, 0.1) is 0 Å². The lowest BCUT2D eigenvalue weighted by Crippen LogP contribution is -2.52. The van der Waals surface area contributed by atoms with Crippen LogP contribution in [-0.2, 0) is 7.05 Å². The van der Waals surface area contributed by atoms with E-state index in [9.17, 15) is 5.21 Å². The molecule has 2 rings (SSSR count). The molecule has 100 valence electrons. The third kappa shape index (κ3) is 1.60. The van der Waals surface area contributed by atoms with Crippen molar-refractivity contribution in [1.82, 2.24) is 9.96 Å². The van der Waals surface area contributed by atoms with Crippen molar-refractivity contribution < 1.29 is 9.77 Å². The molecule has 1 atom stereocenters. The molecule has 2 heterocycles. The fourth-order valence-electron chi connectivity index (χ4n) is 2.62. The number of nitrogens with zero attached hydrogens (tertiary/aromatic N) is 3. The van der Waals surface area contributed by atoms with Gasteiger partial charge in [0.2, 0.25) is 5.69 Å². The average Bonchev–Trinajstić information content (AvgIpc) is 2.40. The van der Waals surface area contributed by atoms with Crippen molar-refractivity contribution in [3.8, 4) is 0 Å². The Labute approximate surface area is 109 Å². The van der Waals surface area contributed by atoms with E-state index in [1.807, 2.05) is 25.4 Å². The number of aryl methyl sites for hydroxylation is 1. The van der Waals surface area contributed by atoms with Gasteiger partial charge in [0.15, 0.2) is 12.4 Å². The SMILES string of the molecule is CN1C(c2cccc[n+]2C)N(O)C(C)(C)C1(C)C. The van der Waals surface area contributed by atoms with Crippen LogP contribution in [0.15, 0.2) is 24.4 Å². The molecule has 1 aliphatic heterocycles. The smallest absolute Gasteiger partial charge is 0.215 e. The predicted octanol–water partition coefficient (Wildman–Crippen LogP) is 1.70. The predicted molar refractivity (Wildman–Crippen MR) is 69.9 cm³/mol. The minimum Gasteiger partial charge on any atom is -0.311 e. The Morgan fingerprint density at radius 2 is 1.78 bits per heavy atom. The summed E-state index contributed by atoms with van der Waals surface area (Å²) in [6.07, 6.45) is 1.89. The van der Waals surface area contributed by atoms with E-state index in [-0.39, 0.29) is 17.2 Å². The maximum absolute atomic E-state index is 10.6. The molecule has 1 aliphatic rings. The molecular formula is C14H24N3O+. The van der Waals surface area contributed by atoms with E-state index in [1.165, 1.54) is 5.06 Å². The Kier molecular flexibility index (Phi) is 3.00. The Balaban J connectivity index is 2.51. The van der Waals surface area contributed by atoms with Crippen molar-refractivity contribution >= 4 is 0 Å². The van der Waals surface area contributed by atoms with Gasteiger partial charge in [0, 0.05) is 17.7 Å². The van der Waals surface area contributed by atoms with Gasteiger partial charge in [0.25, 0.3) is 0 Å². The summed E-state index contributed by atoms with van der Waals surface area (Å²) in [4.78, 5) is 2.22. The molecule has 0 aliphatic carbocycles. The van der Waals surface area contributed by atoms with E-state index in [4.69, 9.17) is 0 Å². The summed E-state index contributed by atoms with van der Waals surface area (Å²) in [6.45, 7) is 8.48. The molecule has 1 fully saturated rings. The monoisotopic (exact) mass is 250 g/mol. The second-order valence-electron chi connectivity index (χ2n) is 6.18. The van der Waals surface area contributed by atoms with Gasteiger partial charge in [-0.25, -0.2) is 4.57 Å². The topological polar surface area (TPSA) is 30.6 Å². The highest BCUT2D eigenvalue weighted by Crippen LogP contribution is 2.46. The number of likely N-dealkylation sites (N-methyl/N-ethyl adjacent to an activating group) is 1. The molecule has 1 unspecified atom stereocenters. The van der Waals surface area contributed by atoms with Crippen LogP contribution in [0.3, 0.4) is 0 Å². The summed E-state index contributed by atoms with van der Waals surface area (Å²) in [7, 11) is 4.07. The molecular weight excluding hydrogens is 226 g/mol. The summed E-state index contributed by atoms with van der Waals surface area (Å²) in [5, 5.41) is 12.1. The molecule has 1 aromatic heterocycles. The quantitative estimate of drug-likeness (QED) is 0.770. The van der Waals surface area contributed by atoms with Gasteiger partial charge in [0.05, 0.1) is 5.54 Å². The number of hydroxylamine groups is 2. The maximum Gasteiger partial charge on any atom is 0.215 e. The molecule has 0 spiro atoms. The van der Waals surface area contributed by atoms with Crippen LogP contribution < -0.4 is 4.57 Å². The molecule has 1 N–H and O–H groups in total. The molecule has 0 aromatic carbocycles. The largest absolute Gasteiger partial charge is 0.311 e. The maximum atomic E-state index is 10.6. The Hall–Kier alpha value is -0.970. The fourth-order valence-corrected chi connectivity index (χ4v) is 2.62. The summed E-state index contributed by atoms with van der Waals surface area (Å²) in [6, 6.07) is 6.06. The zero-order valence-corrected chi connectivity index (χ0v) is 12.2. The first kappa shape index (κ1) is 13.5. The lowest BCUT2D eigenvalue weighted by molar-refractivity contribution is -0.684. The molecule has 18 heavy (non-hydrogen) atoms. The van der Waals surface area contributed by atoms with Crippen molar-refractivity contribution in [2.45, 2.75) is 44.9 Å². The lowest BCUT2D eigenvalue weighted by Gasteiger charge is -2.39. The molecule has 0 radical (unpaired) electrons. The number of rotatable bonds is 1. The van der Waals surface area contributed by atoms with Crippen LogP contribution in [0.25, 0.3) is 0 Å². The molecule has 1 aromatic rings. The molecule has 0 bridgehead atoms. The number of aromatic nitrogens is 1. The van der Waals surface area contributed by atoms with E-state index < -0.39 is 0 Å². The van der Waals surface area contributed by atoms with Gasteiger partial charge in [-0.3, -0.25) is 4.90 Å². The molecule has 1 saturated heterocycles. The van der Waals surface area contributed by atoms with Crippen LogP contribution in [0.1, 0.15) is 39.6 Å². The lowest BCUT2D eigenvalue weighted by atomic mass is 9.83. The van der Waals surface area contributed by atoms with Gasteiger partial charge in [-0.1, -0.05) is 0 Å². The van der Waals surface area contributed by atoms with Crippen LogP contribution in [0.5, 0.6) is 0 Å². The third-order valence-corrected chi connectivity index (χ3v) is 4.91. The van der Waals surface area contributed by atoms with Crippen LogP contribution >= 0.6 is 0 Å². The first-order chi connectivity index (χ1) is 8.21. The molecule has 4 heteroatoms. The number of hydrogen-bond donors (Lipinski definition) is 1. The fraction of sp³-hybridized carbons (Fsp3) is 0.643. The molecule has 4 nitrogen and oxygen atoms in total. The zero-order valence-electron chi connectivity index (χ0n) is 12.2.